The van der Waals surface area contributed by atoms with Crippen LogP contribution in [0, 0.1) is 6.92 Å². The summed E-state index contributed by atoms with van der Waals surface area (Å²) >= 11 is 0. The number of hydrogen-bond acceptors (Lipinski definition) is 4. The van der Waals surface area contributed by atoms with Crippen molar-refractivity contribution in [1.82, 2.24) is 10.1 Å². The molecule has 1 amide bonds. The van der Waals surface area contributed by atoms with Crippen molar-refractivity contribution < 1.29 is 9.32 Å². The second-order valence-corrected chi connectivity index (χ2v) is 4.69. The van der Waals surface area contributed by atoms with E-state index in [1.54, 1.807) is 11.1 Å². The molecule has 1 aromatic heterocycles. The second kappa shape index (κ2) is 6.86. The van der Waals surface area contributed by atoms with Crippen LogP contribution in [-0.2, 0) is 6.54 Å². The van der Waals surface area contributed by atoms with Crippen molar-refractivity contribution in [3.05, 3.63) is 53.4 Å². The zero-order valence-electron chi connectivity index (χ0n) is 11.6. The number of benzene rings is 1. The molecule has 20 heavy (non-hydrogen) atoms. The first-order valence-electron chi connectivity index (χ1n) is 6.67. The van der Waals surface area contributed by atoms with Crippen molar-refractivity contribution in [2.75, 3.05) is 13.1 Å². The predicted molar refractivity (Wildman–Crippen MR) is 76.1 cm³/mol. The van der Waals surface area contributed by atoms with Crippen LogP contribution in [0.1, 0.15) is 28.1 Å². The van der Waals surface area contributed by atoms with Crippen LogP contribution in [-0.4, -0.2) is 29.1 Å². The van der Waals surface area contributed by atoms with Gasteiger partial charge in [0.2, 0.25) is 5.76 Å². The highest BCUT2D eigenvalue weighted by molar-refractivity contribution is 5.92. The molecule has 1 aromatic carbocycles. The van der Waals surface area contributed by atoms with Gasteiger partial charge in [-0.2, -0.15) is 0 Å². The third-order valence-electron chi connectivity index (χ3n) is 3.08. The number of carbonyl (C=O) groups excluding carboxylic acids is 1. The summed E-state index contributed by atoms with van der Waals surface area (Å²) in [5.41, 5.74) is 7.37. The molecule has 5 heteroatoms. The van der Waals surface area contributed by atoms with Crippen molar-refractivity contribution in [2.24, 2.45) is 5.73 Å². The van der Waals surface area contributed by atoms with Gasteiger partial charge in [0.25, 0.3) is 5.91 Å². The first-order chi connectivity index (χ1) is 9.72. The first kappa shape index (κ1) is 14.3. The van der Waals surface area contributed by atoms with E-state index in [1.807, 2.05) is 37.3 Å². The molecule has 0 spiro atoms. The van der Waals surface area contributed by atoms with E-state index in [4.69, 9.17) is 10.3 Å². The minimum absolute atomic E-state index is 0.141. The number of amides is 1. The molecule has 0 bridgehead atoms. The van der Waals surface area contributed by atoms with E-state index >= 15 is 0 Å². The Bertz CT molecular complexity index is 551. The van der Waals surface area contributed by atoms with E-state index in [9.17, 15) is 4.79 Å². The first-order valence-corrected chi connectivity index (χ1v) is 6.67. The van der Waals surface area contributed by atoms with Crippen LogP contribution in [0.3, 0.4) is 0 Å². The minimum Gasteiger partial charge on any atom is -0.351 e. The van der Waals surface area contributed by atoms with Gasteiger partial charge in [0.15, 0.2) is 0 Å². The molecule has 0 fully saturated rings. The van der Waals surface area contributed by atoms with Crippen LogP contribution in [0.5, 0.6) is 0 Å². The van der Waals surface area contributed by atoms with Crippen LogP contribution < -0.4 is 5.73 Å². The maximum atomic E-state index is 12.5. The number of aromatic nitrogens is 1. The quantitative estimate of drug-likeness (QED) is 0.873. The van der Waals surface area contributed by atoms with Gasteiger partial charge in [0, 0.05) is 18.7 Å². The van der Waals surface area contributed by atoms with Gasteiger partial charge < -0.3 is 15.2 Å². The van der Waals surface area contributed by atoms with E-state index in [1.165, 1.54) is 0 Å². The molecule has 0 aliphatic rings. The van der Waals surface area contributed by atoms with E-state index in [0.29, 0.717) is 25.4 Å². The summed E-state index contributed by atoms with van der Waals surface area (Å²) in [5, 5.41) is 3.67. The van der Waals surface area contributed by atoms with Crippen molar-refractivity contribution in [3.8, 4) is 0 Å². The number of nitrogens with zero attached hydrogens (tertiary/aromatic N) is 2. The number of carbonyl (C=O) groups is 1. The largest absolute Gasteiger partial charge is 0.351 e. The van der Waals surface area contributed by atoms with Gasteiger partial charge in [-0.15, -0.1) is 0 Å². The van der Waals surface area contributed by atoms with Gasteiger partial charge in [-0.05, 0) is 25.5 Å². The van der Waals surface area contributed by atoms with E-state index in [-0.39, 0.29) is 5.91 Å². The summed E-state index contributed by atoms with van der Waals surface area (Å²) < 4.78 is 5.05. The van der Waals surface area contributed by atoms with Gasteiger partial charge in [-0.25, -0.2) is 0 Å². The van der Waals surface area contributed by atoms with Crippen molar-refractivity contribution in [2.45, 2.75) is 19.9 Å². The molecule has 5 nitrogen and oxygen atoms in total. The van der Waals surface area contributed by atoms with Crippen LogP contribution in [0.4, 0.5) is 0 Å². The molecule has 0 saturated heterocycles. The minimum atomic E-state index is -0.141. The fourth-order valence-corrected chi connectivity index (χ4v) is 1.98. The molecule has 0 aliphatic heterocycles. The van der Waals surface area contributed by atoms with Crippen molar-refractivity contribution in [1.29, 1.82) is 0 Å². The third-order valence-corrected chi connectivity index (χ3v) is 3.08. The molecule has 0 saturated carbocycles. The normalized spacial score (nSPS) is 10.5. The highest BCUT2D eigenvalue weighted by Gasteiger charge is 2.21. The molecule has 0 aliphatic carbocycles. The standard InChI is InChI=1S/C15H19N3O2/c1-12-10-17-20-14(12)15(19)18(9-5-8-16)11-13-6-3-2-4-7-13/h2-4,6-7,10H,5,8-9,11,16H2,1H3. The predicted octanol–water partition coefficient (Wildman–Crippen LogP) is 1.97. The topological polar surface area (TPSA) is 72.4 Å². The number of aryl methyl sites for hydroxylation is 1. The lowest BCUT2D eigenvalue weighted by molar-refractivity contribution is 0.0699. The molecular weight excluding hydrogens is 254 g/mol. The Hall–Kier alpha value is -2.14. The molecule has 2 aromatic rings. The Balaban J connectivity index is 2.15. The van der Waals surface area contributed by atoms with Gasteiger partial charge in [-0.3, -0.25) is 4.79 Å². The third kappa shape index (κ3) is 3.45. The molecule has 2 N–H and O–H groups in total. The summed E-state index contributed by atoms with van der Waals surface area (Å²) in [6.07, 6.45) is 2.31. The molecule has 0 unspecified atom stereocenters. The van der Waals surface area contributed by atoms with Crippen molar-refractivity contribution in [3.63, 3.8) is 0 Å². The summed E-state index contributed by atoms with van der Waals surface area (Å²) in [5.74, 6) is 0.162. The Labute approximate surface area is 118 Å². The molecule has 0 radical (unpaired) electrons. The van der Waals surface area contributed by atoms with Gasteiger partial charge in [0.1, 0.15) is 0 Å². The van der Waals surface area contributed by atoms with E-state index in [0.717, 1.165) is 17.5 Å². The van der Waals surface area contributed by atoms with Crippen LogP contribution in [0.15, 0.2) is 41.1 Å². The van der Waals surface area contributed by atoms with Gasteiger partial charge in [-0.1, -0.05) is 35.5 Å². The average molecular weight is 273 g/mol. The highest BCUT2D eigenvalue weighted by Crippen LogP contribution is 2.13. The SMILES string of the molecule is Cc1cnoc1C(=O)N(CCCN)Cc1ccccc1. The van der Waals surface area contributed by atoms with Gasteiger partial charge >= 0.3 is 0 Å². The Kier molecular flexibility index (Phi) is 4.90. The summed E-state index contributed by atoms with van der Waals surface area (Å²) in [4.78, 5) is 14.2. The summed E-state index contributed by atoms with van der Waals surface area (Å²) in [6, 6.07) is 9.86. The molecule has 2 rings (SSSR count). The Morgan fingerprint density at radius 2 is 2.10 bits per heavy atom. The summed E-state index contributed by atoms with van der Waals surface area (Å²) in [6.45, 7) is 3.51. The zero-order chi connectivity index (χ0) is 14.4. The lowest BCUT2D eigenvalue weighted by Crippen LogP contribution is -2.32. The molecule has 1 heterocycles. The van der Waals surface area contributed by atoms with Gasteiger partial charge in [0.05, 0.1) is 6.20 Å². The maximum absolute atomic E-state index is 12.5. The second-order valence-electron chi connectivity index (χ2n) is 4.69. The summed E-state index contributed by atoms with van der Waals surface area (Å²) in [7, 11) is 0. The average Bonchev–Trinajstić information content (AvgIpc) is 2.90. The molecule has 0 atom stereocenters. The highest BCUT2D eigenvalue weighted by atomic mass is 16.5. The van der Waals surface area contributed by atoms with E-state index in [2.05, 4.69) is 5.16 Å². The smallest absolute Gasteiger partial charge is 0.293 e. The van der Waals surface area contributed by atoms with Crippen LogP contribution >= 0.6 is 0 Å². The van der Waals surface area contributed by atoms with Crippen LogP contribution in [0.25, 0.3) is 0 Å². The zero-order valence-corrected chi connectivity index (χ0v) is 11.6. The lowest BCUT2D eigenvalue weighted by atomic mass is 10.2. The fraction of sp³-hybridized carbons (Fsp3) is 0.333. The lowest BCUT2D eigenvalue weighted by Gasteiger charge is -2.21. The molecular formula is C15H19N3O2. The number of hydrogen-bond donors (Lipinski definition) is 1. The number of rotatable bonds is 6. The van der Waals surface area contributed by atoms with Crippen molar-refractivity contribution >= 4 is 5.91 Å². The van der Waals surface area contributed by atoms with E-state index < -0.39 is 0 Å². The van der Waals surface area contributed by atoms with Crippen LogP contribution in [0.2, 0.25) is 0 Å². The monoisotopic (exact) mass is 273 g/mol. The maximum Gasteiger partial charge on any atom is 0.293 e. The number of nitrogens with two attached hydrogens (primary N) is 1. The molecule has 106 valence electrons. The fourth-order valence-electron chi connectivity index (χ4n) is 1.98. The Morgan fingerprint density at radius 1 is 1.35 bits per heavy atom. The Morgan fingerprint density at radius 3 is 2.70 bits per heavy atom.